The second kappa shape index (κ2) is 10.1. The van der Waals surface area contributed by atoms with Gasteiger partial charge in [-0.1, -0.05) is 29.8 Å². The summed E-state index contributed by atoms with van der Waals surface area (Å²) in [7, 11) is 0. The Labute approximate surface area is 175 Å². The molecule has 1 fully saturated rings. The fraction of sp³-hybridized carbons (Fsp3) is 0.273. The number of nitrogens with one attached hydrogen (secondary N) is 2. The predicted octanol–water partition coefficient (Wildman–Crippen LogP) is 4.25. The van der Waals surface area contributed by atoms with Crippen LogP contribution < -0.4 is 15.5 Å². The molecule has 0 bridgehead atoms. The van der Waals surface area contributed by atoms with Gasteiger partial charge in [0.15, 0.2) is 0 Å². The Kier molecular flexibility index (Phi) is 7.27. The second-order valence-corrected chi connectivity index (χ2v) is 7.21. The van der Waals surface area contributed by atoms with Crippen molar-refractivity contribution in [3.05, 3.63) is 65.3 Å². The van der Waals surface area contributed by atoms with Crippen molar-refractivity contribution >= 4 is 41.0 Å². The third kappa shape index (κ3) is 5.37. The van der Waals surface area contributed by atoms with E-state index in [2.05, 4.69) is 10.6 Å². The molecule has 0 saturated carbocycles. The average Bonchev–Trinajstić information content (AvgIpc) is 3.24. The summed E-state index contributed by atoms with van der Waals surface area (Å²) in [5, 5.41) is 6.29. The van der Waals surface area contributed by atoms with E-state index in [1.165, 1.54) is 4.90 Å². The first-order valence-corrected chi connectivity index (χ1v) is 9.89. The first-order chi connectivity index (χ1) is 14.1. The number of benzene rings is 2. The Balaban J connectivity index is 1.91. The van der Waals surface area contributed by atoms with Gasteiger partial charge in [-0.15, -0.1) is 0 Å². The van der Waals surface area contributed by atoms with Crippen LogP contribution in [-0.2, 0) is 14.3 Å². The second-order valence-electron chi connectivity index (χ2n) is 6.77. The number of hydrogen-bond donors (Lipinski definition) is 2. The van der Waals surface area contributed by atoms with Crippen molar-refractivity contribution in [3.63, 3.8) is 0 Å². The van der Waals surface area contributed by atoms with Gasteiger partial charge >= 0.3 is 0 Å². The molecule has 0 spiro atoms. The summed E-state index contributed by atoms with van der Waals surface area (Å²) in [6, 6.07) is 14.2. The highest BCUT2D eigenvalue weighted by Crippen LogP contribution is 2.35. The van der Waals surface area contributed by atoms with Crippen LogP contribution in [0.1, 0.15) is 19.8 Å². The fourth-order valence-electron chi connectivity index (χ4n) is 3.21. The molecule has 0 radical (unpaired) electrons. The largest absolute Gasteiger partial charge is 0.388 e. The number of carbonyl (C=O) groups excluding carboxylic acids is 2. The number of para-hydroxylation sites is 1. The van der Waals surface area contributed by atoms with Crippen LogP contribution in [0.15, 0.2) is 60.3 Å². The van der Waals surface area contributed by atoms with E-state index >= 15 is 0 Å². The highest BCUT2D eigenvalue weighted by molar-refractivity contribution is 6.31. The first-order valence-electron chi connectivity index (χ1n) is 9.51. The summed E-state index contributed by atoms with van der Waals surface area (Å²) >= 11 is 6.19. The highest BCUT2D eigenvalue weighted by atomic mass is 35.5. The molecule has 152 valence electrons. The molecular weight excluding hydrogens is 390 g/mol. The Morgan fingerprint density at radius 2 is 2.07 bits per heavy atom. The van der Waals surface area contributed by atoms with E-state index in [-0.39, 0.29) is 12.0 Å². The monoisotopic (exact) mass is 413 g/mol. The quantitative estimate of drug-likeness (QED) is 0.501. The predicted molar refractivity (Wildman–Crippen MR) is 115 cm³/mol. The minimum Gasteiger partial charge on any atom is -0.388 e. The zero-order valence-corrected chi connectivity index (χ0v) is 17.0. The maximum atomic E-state index is 13.4. The van der Waals surface area contributed by atoms with E-state index < -0.39 is 0 Å². The molecule has 1 atom stereocenters. The SMILES string of the molecule is C/C(=C/NCC1CCCO1)C(=O)N(c1ccccc1)c1cc(Cl)ccc1NC=O. The number of halogens is 1. The molecule has 1 heterocycles. The molecule has 0 aliphatic carbocycles. The molecule has 7 heteroatoms. The average molecular weight is 414 g/mol. The van der Waals surface area contributed by atoms with Crippen molar-refractivity contribution in [3.8, 4) is 0 Å². The van der Waals surface area contributed by atoms with E-state index in [0.29, 0.717) is 40.6 Å². The van der Waals surface area contributed by atoms with Crippen LogP contribution >= 0.6 is 11.6 Å². The molecule has 3 rings (SSSR count). The molecule has 2 N–H and O–H groups in total. The molecular formula is C22H24ClN3O3. The van der Waals surface area contributed by atoms with Crippen LogP contribution in [0.25, 0.3) is 0 Å². The Bertz CT molecular complexity index is 880. The van der Waals surface area contributed by atoms with Crippen LogP contribution in [0, 0.1) is 0 Å². The molecule has 2 amide bonds. The van der Waals surface area contributed by atoms with Crippen LogP contribution in [0.4, 0.5) is 17.1 Å². The van der Waals surface area contributed by atoms with Crippen LogP contribution in [0.2, 0.25) is 5.02 Å². The van der Waals surface area contributed by atoms with Gasteiger partial charge in [0.2, 0.25) is 6.41 Å². The van der Waals surface area contributed by atoms with Crippen molar-refractivity contribution in [2.24, 2.45) is 0 Å². The standard InChI is InChI=1S/C22H24ClN3O3/c1-16(13-24-14-19-8-5-11-29-19)22(28)26(18-6-3-2-4-7-18)21-12-17(23)9-10-20(21)25-15-27/h2-4,6-7,9-10,12-13,15,19,24H,5,8,11,14H2,1H3,(H,25,27)/b16-13-. The third-order valence-corrected chi connectivity index (χ3v) is 4.89. The number of hydrogen-bond acceptors (Lipinski definition) is 4. The zero-order chi connectivity index (χ0) is 20.6. The number of amides is 2. The lowest BCUT2D eigenvalue weighted by molar-refractivity contribution is -0.114. The number of nitrogens with zero attached hydrogens (tertiary/aromatic N) is 1. The molecule has 6 nitrogen and oxygen atoms in total. The van der Waals surface area contributed by atoms with E-state index in [0.717, 1.165) is 19.4 Å². The first kappa shape index (κ1) is 20.9. The van der Waals surface area contributed by atoms with Crippen molar-refractivity contribution < 1.29 is 14.3 Å². The smallest absolute Gasteiger partial charge is 0.259 e. The van der Waals surface area contributed by atoms with Crippen molar-refractivity contribution in [1.29, 1.82) is 0 Å². The Morgan fingerprint density at radius 1 is 1.28 bits per heavy atom. The van der Waals surface area contributed by atoms with Gasteiger partial charge in [0.05, 0.1) is 17.5 Å². The summed E-state index contributed by atoms with van der Waals surface area (Å²) in [5.41, 5.74) is 2.17. The van der Waals surface area contributed by atoms with Gasteiger partial charge in [-0.05, 0) is 50.1 Å². The summed E-state index contributed by atoms with van der Waals surface area (Å²) in [5.74, 6) is -0.229. The molecule has 29 heavy (non-hydrogen) atoms. The molecule has 2 aromatic carbocycles. The third-order valence-electron chi connectivity index (χ3n) is 4.66. The molecule has 1 aliphatic heterocycles. The van der Waals surface area contributed by atoms with Crippen molar-refractivity contribution in [2.75, 3.05) is 23.4 Å². The van der Waals surface area contributed by atoms with Crippen molar-refractivity contribution in [2.45, 2.75) is 25.9 Å². The van der Waals surface area contributed by atoms with E-state index in [1.54, 1.807) is 31.3 Å². The van der Waals surface area contributed by atoms with Gasteiger partial charge in [-0.25, -0.2) is 0 Å². The normalized spacial score (nSPS) is 16.3. The maximum absolute atomic E-state index is 13.4. The Morgan fingerprint density at radius 3 is 2.76 bits per heavy atom. The molecule has 1 unspecified atom stereocenters. The highest BCUT2D eigenvalue weighted by Gasteiger charge is 2.23. The van der Waals surface area contributed by atoms with Crippen LogP contribution in [-0.4, -0.2) is 31.6 Å². The van der Waals surface area contributed by atoms with Crippen LogP contribution in [0.3, 0.4) is 0 Å². The van der Waals surface area contributed by atoms with E-state index in [4.69, 9.17) is 16.3 Å². The van der Waals surface area contributed by atoms with Crippen molar-refractivity contribution in [1.82, 2.24) is 5.32 Å². The zero-order valence-electron chi connectivity index (χ0n) is 16.2. The molecule has 1 saturated heterocycles. The summed E-state index contributed by atoms with van der Waals surface area (Å²) < 4.78 is 5.59. The Hall–Kier alpha value is -2.83. The lowest BCUT2D eigenvalue weighted by Crippen LogP contribution is -2.29. The summed E-state index contributed by atoms with van der Waals surface area (Å²) in [4.78, 5) is 26.0. The lowest BCUT2D eigenvalue weighted by atomic mass is 10.1. The fourth-order valence-corrected chi connectivity index (χ4v) is 3.37. The number of anilines is 3. The minimum absolute atomic E-state index is 0.177. The van der Waals surface area contributed by atoms with Gasteiger partial charge < -0.3 is 15.4 Å². The summed E-state index contributed by atoms with van der Waals surface area (Å²) in [6.45, 7) is 3.19. The van der Waals surface area contributed by atoms with E-state index in [1.807, 2.05) is 30.3 Å². The minimum atomic E-state index is -0.229. The molecule has 2 aromatic rings. The van der Waals surface area contributed by atoms with E-state index in [9.17, 15) is 9.59 Å². The molecule has 0 aromatic heterocycles. The van der Waals surface area contributed by atoms with Gasteiger partial charge in [0.25, 0.3) is 5.91 Å². The van der Waals surface area contributed by atoms with Crippen LogP contribution in [0.5, 0.6) is 0 Å². The summed E-state index contributed by atoms with van der Waals surface area (Å²) in [6.07, 6.45) is 4.55. The number of carbonyl (C=O) groups is 2. The van der Waals surface area contributed by atoms with Gasteiger partial charge in [-0.3, -0.25) is 14.5 Å². The number of ether oxygens (including phenoxy) is 1. The maximum Gasteiger partial charge on any atom is 0.259 e. The van der Waals surface area contributed by atoms with Gasteiger partial charge in [-0.2, -0.15) is 0 Å². The van der Waals surface area contributed by atoms with Gasteiger partial charge in [0.1, 0.15) is 0 Å². The lowest BCUT2D eigenvalue weighted by Gasteiger charge is -2.26. The number of rotatable bonds is 8. The van der Waals surface area contributed by atoms with Gasteiger partial charge in [0, 0.05) is 35.6 Å². The molecule has 1 aliphatic rings. The topological polar surface area (TPSA) is 70.7 Å².